The lowest BCUT2D eigenvalue weighted by Gasteiger charge is -2.06. The van der Waals surface area contributed by atoms with E-state index in [4.69, 9.17) is 13.9 Å². The van der Waals surface area contributed by atoms with E-state index < -0.39 is 24.5 Å². The number of imide groups is 1. The molecular weight excluding hydrogens is 340 g/mol. The summed E-state index contributed by atoms with van der Waals surface area (Å²) in [4.78, 5) is 34.8. The Morgan fingerprint density at radius 2 is 1.85 bits per heavy atom. The van der Waals surface area contributed by atoms with Crippen LogP contribution in [0, 0.1) is 0 Å². The molecule has 8 heteroatoms. The van der Waals surface area contributed by atoms with Crippen LogP contribution in [0.25, 0.3) is 0 Å². The second-order valence-electron chi connectivity index (χ2n) is 5.74. The van der Waals surface area contributed by atoms with E-state index in [0.717, 1.165) is 12.8 Å². The Bertz CT molecular complexity index is 782. The van der Waals surface area contributed by atoms with E-state index in [1.807, 2.05) is 18.2 Å². The van der Waals surface area contributed by atoms with E-state index in [1.54, 1.807) is 18.2 Å². The SMILES string of the molecule is O=C(COC(=O)c1ccc(COc2ccccc2)o1)NC(=O)NC1CC1. The molecule has 1 aromatic heterocycles. The molecule has 3 amide bonds. The second-order valence-corrected chi connectivity index (χ2v) is 5.74. The van der Waals surface area contributed by atoms with Gasteiger partial charge in [0.25, 0.3) is 5.91 Å². The van der Waals surface area contributed by atoms with E-state index >= 15 is 0 Å². The minimum atomic E-state index is -0.797. The minimum Gasteiger partial charge on any atom is -0.486 e. The topological polar surface area (TPSA) is 107 Å². The van der Waals surface area contributed by atoms with Crippen LogP contribution in [0.3, 0.4) is 0 Å². The van der Waals surface area contributed by atoms with Crippen molar-refractivity contribution in [1.82, 2.24) is 10.6 Å². The molecule has 1 heterocycles. The fraction of sp³-hybridized carbons (Fsp3) is 0.278. The van der Waals surface area contributed by atoms with Crippen molar-refractivity contribution in [2.45, 2.75) is 25.5 Å². The summed E-state index contributed by atoms with van der Waals surface area (Å²) in [5.74, 6) is -0.445. The number of carbonyl (C=O) groups excluding carboxylic acids is 3. The quantitative estimate of drug-likeness (QED) is 0.733. The lowest BCUT2D eigenvalue weighted by molar-refractivity contribution is -0.123. The predicted molar refractivity (Wildman–Crippen MR) is 89.5 cm³/mol. The summed E-state index contributed by atoms with van der Waals surface area (Å²) in [6.07, 6.45) is 1.82. The number of nitrogens with one attached hydrogen (secondary N) is 2. The van der Waals surface area contributed by atoms with E-state index in [9.17, 15) is 14.4 Å². The minimum absolute atomic E-state index is 0.0492. The fourth-order valence-electron chi connectivity index (χ4n) is 2.05. The second kappa shape index (κ2) is 8.19. The summed E-state index contributed by atoms with van der Waals surface area (Å²) in [5, 5.41) is 4.68. The summed E-state index contributed by atoms with van der Waals surface area (Å²) in [7, 11) is 0. The zero-order valence-corrected chi connectivity index (χ0v) is 13.9. The number of benzene rings is 1. The third-order valence-corrected chi connectivity index (χ3v) is 3.49. The standard InChI is InChI=1S/C18H18N2O6/c21-16(20-18(23)19-12-6-7-12)11-25-17(22)15-9-8-14(26-15)10-24-13-4-2-1-3-5-13/h1-5,8-9,12H,6-7,10-11H2,(H2,19,20,21,23). The Hall–Kier alpha value is -3.29. The summed E-state index contributed by atoms with van der Waals surface area (Å²) < 4.78 is 15.7. The van der Waals surface area contributed by atoms with Crippen LogP contribution in [0.1, 0.15) is 29.2 Å². The first kappa shape index (κ1) is 17.5. The summed E-state index contributed by atoms with van der Waals surface area (Å²) >= 11 is 0. The van der Waals surface area contributed by atoms with Gasteiger partial charge in [0, 0.05) is 6.04 Å². The molecule has 0 bridgehead atoms. The molecule has 2 N–H and O–H groups in total. The van der Waals surface area contributed by atoms with Gasteiger partial charge < -0.3 is 19.2 Å². The molecule has 1 fully saturated rings. The van der Waals surface area contributed by atoms with Gasteiger partial charge in [-0.2, -0.15) is 0 Å². The van der Waals surface area contributed by atoms with Crippen molar-refractivity contribution in [3.8, 4) is 5.75 Å². The van der Waals surface area contributed by atoms with Gasteiger partial charge in [0.15, 0.2) is 6.61 Å². The Kier molecular flexibility index (Phi) is 5.52. The van der Waals surface area contributed by atoms with Crippen LogP contribution < -0.4 is 15.4 Å². The predicted octanol–water partition coefficient (Wildman–Crippen LogP) is 2.00. The Morgan fingerprint density at radius 1 is 1.08 bits per heavy atom. The first-order valence-electron chi connectivity index (χ1n) is 8.14. The highest BCUT2D eigenvalue weighted by Crippen LogP contribution is 2.18. The van der Waals surface area contributed by atoms with E-state index in [2.05, 4.69) is 10.6 Å². The highest BCUT2D eigenvalue weighted by molar-refractivity contribution is 5.96. The van der Waals surface area contributed by atoms with Crippen molar-refractivity contribution in [2.24, 2.45) is 0 Å². The highest BCUT2D eigenvalue weighted by atomic mass is 16.6. The maximum Gasteiger partial charge on any atom is 0.374 e. The first-order chi connectivity index (χ1) is 12.6. The van der Waals surface area contributed by atoms with Gasteiger partial charge >= 0.3 is 12.0 Å². The zero-order valence-electron chi connectivity index (χ0n) is 13.9. The molecule has 1 aliphatic carbocycles. The van der Waals surface area contributed by atoms with Crippen LogP contribution in [0.15, 0.2) is 46.9 Å². The molecular formula is C18H18N2O6. The Labute approximate surface area is 149 Å². The largest absolute Gasteiger partial charge is 0.486 e. The molecule has 26 heavy (non-hydrogen) atoms. The average Bonchev–Trinajstić information content (AvgIpc) is 3.32. The number of ether oxygens (including phenoxy) is 2. The fourth-order valence-corrected chi connectivity index (χ4v) is 2.05. The highest BCUT2D eigenvalue weighted by Gasteiger charge is 2.24. The zero-order chi connectivity index (χ0) is 18.4. The molecule has 0 aliphatic heterocycles. The van der Waals surface area contributed by atoms with Crippen LogP contribution in [-0.2, 0) is 16.1 Å². The van der Waals surface area contributed by atoms with Crippen LogP contribution in [-0.4, -0.2) is 30.6 Å². The molecule has 1 aromatic carbocycles. The number of carbonyl (C=O) groups is 3. The van der Waals surface area contributed by atoms with Crippen LogP contribution in [0.5, 0.6) is 5.75 Å². The molecule has 0 atom stereocenters. The smallest absolute Gasteiger partial charge is 0.374 e. The van der Waals surface area contributed by atoms with Crippen molar-refractivity contribution in [2.75, 3.05) is 6.61 Å². The average molecular weight is 358 g/mol. The van der Waals surface area contributed by atoms with Crippen LogP contribution in [0.2, 0.25) is 0 Å². The van der Waals surface area contributed by atoms with Gasteiger partial charge in [0.2, 0.25) is 5.76 Å². The van der Waals surface area contributed by atoms with Gasteiger partial charge in [-0.1, -0.05) is 18.2 Å². The number of esters is 1. The number of para-hydroxylation sites is 1. The molecule has 0 spiro atoms. The summed E-state index contributed by atoms with van der Waals surface area (Å²) in [6, 6.07) is 11.7. The van der Waals surface area contributed by atoms with Gasteiger partial charge in [0.1, 0.15) is 18.1 Å². The van der Waals surface area contributed by atoms with Gasteiger partial charge in [-0.15, -0.1) is 0 Å². The number of rotatable bonds is 7. The molecule has 0 radical (unpaired) electrons. The maximum absolute atomic E-state index is 11.9. The van der Waals surface area contributed by atoms with Crippen LogP contribution >= 0.6 is 0 Å². The number of amides is 3. The van der Waals surface area contributed by atoms with Gasteiger partial charge in [-0.3, -0.25) is 10.1 Å². The third kappa shape index (κ3) is 5.37. The normalized spacial score (nSPS) is 12.9. The summed E-state index contributed by atoms with van der Waals surface area (Å²) in [5.41, 5.74) is 0. The molecule has 136 valence electrons. The van der Waals surface area contributed by atoms with Crippen molar-refractivity contribution < 1.29 is 28.3 Å². The molecule has 3 rings (SSSR count). The molecule has 1 saturated carbocycles. The number of hydrogen-bond donors (Lipinski definition) is 2. The maximum atomic E-state index is 11.9. The third-order valence-electron chi connectivity index (χ3n) is 3.49. The monoisotopic (exact) mass is 358 g/mol. The first-order valence-corrected chi connectivity index (χ1v) is 8.14. The molecule has 1 aliphatic rings. The van der Waals surface area contributed by atoms with Crippen molar-refractivity contribution in [3.63, 3.8) is 0 Å². The molecule has 2 aromatic rings. The number of hydrogen-bond acceptors (Lipinski definition) is 6. The Morgan fingerprint density at radius 3 is 2.58 bits per heavy atom. The van der Waals surface area contributed by atoms with E-state index in [1.165, 1.54) is 6.07 Å². The van der Waals surface area contributed by atoms with Gasteiger partial charge in [-0.05, 0) is 37.1 Å². The van der Waals surface area contributed by atoms with Crippen molar-refractivity contribution >= 4 is 17.9 Å². The number of furan rings is 1. The van der Waals surface area contributed by atoms with E-state index in [0.29, 0.717) is 11.5 Å². The lowest BCUT2D eigenvalue weighted by Crippen LogP contribution is -2.42. The van der Waals surface area contributed by atoms with Crippen molar-refractivity contribution in [1.29, 1.82) is 0 Å². The molecule has 0 saturated heterocycles. The van der Waals surface area contributed by atoms with Gasteiger partial charge in [-0.25, -0.2) is 9.59 Å². The van der Waals surface area contributed by atoms with E-state index in [-0.39, 0.29) is 18.4 Å². The van der Waals surface area contributed by atoms with Crippen molar-refractivity contribution in [3.05, 3.63) is 54.0 Å². The summed E-state index contributed by atoms with van der Waals surface area (Å²) in [6.45, 7) is -0.424. The number of urea groups is 1. The molecule has 8 nitrogen and oxygen atoms in total. The lowest BCUT2D eigenvalue weighted by atomic mass is 10.3. The molecule has 0 unspecified atom stereocenters. The van der Waals surface area contributed by atoms with Crippen LogP contribution in [0.4, 0.5) is 4.79 Å². The van der Waals surface area contributed by atoms with Gasteiger partial charge in [0.05, 0.1) is 0 Å². The Balaban J connectivity index is 1.41.